The third-order valence-corrected chi connectivity index (χ3v) is 2.67. The summed E-state index contributed by atoms with van der Waals surface area (Å²) in [7, 11) is 0. The molecule has 0 spiro atoms. The van der Waals surface area contributed by atoms with Gasteiger partial charge in [0.2, 0.25) is 0 Å². The molecule has 0 fully saturated rings. The van der Waals surface area contributed by atoms with Gasteiger partial charge in [-0.2, -0.15) is 0 Å². The van der Waals surface area contributed by atoms with Crippen LogP contribution in [0.4, 0.5) is 5.82 Å². The molecule has 0 aliphatic rings. The van der Waals surface area contributed by atoms with Crippen LogP contribution in [-0.2, 0) is 0 Å². The van der Waals surface area contributed by atoms with Crippen LogP contribution < -0.4 is 5.43 Å². The Morgan fingerprint density at radius 1 is 1.05 bits per heavy atom. The first-order valence-corrected chi connectivity index (χ1v) is 5.64. The van der Waals surface area contributed by atoms with Crippen LogP contribution in [0.15, 0.2) is 54.1 Å². The second kappa shape index (κ2) is 6.51. The monoisotopic (exact) mass is 274 g/mol. The Balaban J connectivity index is 0.00000147. The fourth-order valence-corrected chi connectivity index (χ4v) is 1.83. The number of hydrogen-bond acceptors (Lipinski definition) is 5. The van der Waals surface area contributed by atoms with Crippen molar-refractivity contribution in [3.05, 3.63) is 53.7 Å². The van der Waals surface area contributed by atoms with Crippen LogP contribution in [0.25, 0.3) is 22.3 Å². The van der Waals surface area contributed by atoms with Crippen molar-refractivity contribution in [3.63, 3.8) is 0 Å². The quantitative estimate of drug-likeness (QED) is 0.450. The van der Waals surface area contributed by atoms with Gasteiger partial charge in [0, 0.05) is 52.9 Å². The Bertz CT molecular complexity index is 735. The van der Waals surface area contributed by atoms with Gasteiger partial charge >= 0.3 is 0 Å². The van der Waals surface area contributed by atoms with E-state index in [0.717, 1.165) is 16.5 Å². The Labute approximate surface area is 136 Å². The number of aromatic nitrogens is 3. The SMILES string of the molecule is O=NNc1nc(-c2cccnc2)nc2ccccc12.[Na]. The number of nitroso groups, excluding NO2 is 1. The van der Waals surface area contributed by atoms with E-state index in [-0.39, 0.29) is 29.6 Å². The van der Waals surface area contributed by atoms with Gasteiger partial charge in [0.15, 0.2) is 11.6 Å². The van der Waals surface area contributed by atoms with E-state index >= 15 is 0 Å². The van der Waals surface area contributed by atoms with Gasteiger partial charge in [0.05, 0.1) is 10.8 Å². The average Bonchev–Trinajstić information content (AvgIpc) is 2.48. The topological polar surface area (TPSA) is 80.1 Å². The summed E-state index contributed by atoms with van der Waals surface area (Å²) in [5, 5.41) is 3.43. The van der Waals surface area contributed by atoms with Crippen LogP contribution >= 0.6 is 0 Å². The molecule has 0 bridgehead atoms. The molecule has 7 heteroatoms. The largest absolute Gasteiger partial charge is 0.264 e. The Morgan fingerprint density at radius 2 is 1.90 bits per heavy atom. The molecule has 2 heterocycles. The van der Waals surface area contributed by atoms with Gasteiger partial charge in [-0.25, -0.2) is 15.4 Å². The number of rotatable bonds is 3. The van der Waals surface area contributed by atoms with Crippen LogP contribution in [0, 0.1) is 4.91 Å². The molecule has 1 aromatic carbocycles. The van der Waals surface area contributed by atoms with E-state index in [9.17, 15) is 4.91 Å². The molecule has 1 N–H and O–H groups in total. The van der Waals surface area contributed by atoms with Crippen LogP contribution in [-0.4, -0.2) is 44.5 Å². The molecule has 0 saturated heterocycles. The number of para-hydroxylation sites is 1. The molecule has 1 radical (unpaired) electrons. The third-order valence-electron chi connectivity index (χ3n) is 2.67. The van der Waals surface area contributed by atoms with Crippen molar-refractivity contribution < 1.29 is 0 Å². The number of pyridine rings is 1. The maximum absolute atomic E-state index is 10.4. The van der Waals surface area contributed by atoms with E-state index in [0.29, 0.717) is 11.6 Å². The first kappa shape index (κ1) is 14.5. The molecule has 0 aliphatic carbocycles. The van der Waals surface area contributed by atoms with Gasteiger partial charge in [-0.3, -0.25) is 4.98 Å². The maximum Gasteiger partial charge on any atom is 0.163 e. The van der Waals surface area contributed by atoms with Gasteiger partial charge in [-0.1, -0.05) is 12.1 Å². The molecule has 93 valence electrons. The Hall–Kier alpha value is -1.89. The van der Waals surface area contributed by atoms with E-state index in [2.05, 4.69) is 25.7 Å². The van der Waals surface area contributed by atoms with Crippen molar-refractivity contribution in [1.29, 1.82) is 0 Å². The average molecular weight is 274 g/mol. The maximum atomic E-state index is 10.4. The molecule has 0 atom stereocenters. The summed E-state index contributed by atoms with van der Waals surface area (Å²) in [6.07, 6.45) is 3.35. The van der Waals surface area contributed by atoms with Gasteiger partial charge in [0.1, 0.15) is 0 Å². The molecule has 6 nitrogen and oxygen atoms in total. The molecule has 3 aromatic rings. The van der Waals surface area contributed by atoms with Crippen LogP contribution in [0.3, 0.4) is 0 Å². The Kier molecular flexibility index (Phi) is 4.73. The molecular weight excluding hydrogens is 265 g/mol. The predicted molar refractivity (Wildman–Crippen MR) is 77.9 cm³/mol. The normalized spacial score (nSPS) is 9.80. The number of benzene rings is 1. The van der Waals surface area contributed by atoms with E-state index < -0.39 is 0 Å². The van der Waals surface area contributed by atoms with Crippen molar-refractivity contribution in [2.75, 3.05) is 5.43 Å². The summed E-state index contributed by atoms with van der Waals surface area (Å²) < 4.78 is 0. The molecule has 3 rings (SSSR count). The van der Waals surface area contributed by atoms with Gasteiger partial charge in [0.25, 0.3) is 0 Å². The van der Waals surface area contributed by atoms with Gasteiger partial charge < -0.3 is 0 Å². The van der Waals surface area contributed by atoms with Gasteiger partial charge in [-0.05, 0) is 24.3 Å². The fourth-order valence-electron chi connectivity index (χ4n) is 1.83. The second-order valence-electron chi connectivity index (χ2n) is 3.86. The third kappa shape index (κ3) is 2.82. The smallest absolute Gasteiger partial charge is 0.163 e. The minimum Gasteiger partial charge on any atom is -0.264 e. The molecule has 0 aliphatic heterocycles. The predicted octanol–water partition coefficient (Wildman–Crippen LogP) is 2.40. The number of anilines is 1. The minimum absolute atomic E-state index is 0. The summed E-state index contributed by atoms with van der Waals surface area (Å²) >= 11 is 0. The fraction of sp³-hybridized carbons (Fsp3) is 0. The molecular formula is C13H9N5NaO. The summed E-state index contributed by atoms with van der Waals surface area (Å²) in [6, 6.07) is 11.1. The molecule has 2 aromatic heterocycles. The van der Waals surface area contributed by atoms with Crippen molar-refractivity contribution in [2.45, 2.75) is 0 Å². The summed E-state index contributed by atoms with van der Waals surface area (Å²) in [6.45, 7) is 0. The first-order chi connectivity index (χ1) is 9.38. The van der Waals surface area contributed by atoms with E-state index in [1.54, 1.807) is 18.5 Å². The number of hydrogen-bond donors (Lipinski definition) is 1. The van der Waals surface area contributed by atoms with Crippen LogP contribution in [0.2, 0.25) is 0 Å². The van der Waals surface area contributed by atoms with Gasteiger partial charge in [-0.15, -0.1) is 4.91 Å². The summed E-state index contributed by atoms with van der Waals surface area (Å²) in [5.74, 6) is 0.886. The van der Waals surface area contributed by atoms with E-state index in [1.807, 2.05) is 30.3 Å². The second-order valence-corrected chi connectivity index (χ2v) is 3.86. The summed E-state index contributed by atoms with van der Waals surface area (Å²) in [5.41, 5.74) is 3.88. The molecule has 0 unspecified atom stereocenters. The standard InChI is InChI=1S/C13H9N5O.Na/c19-18-17-13-10-5-1-2-6-11(10)15-12(16-13)9-4-3-7-14-8-9;/h1-8H,(H,15,16,17,19);. The molecule has 20 heavy (non-hydrogen) atoms. The van der Waals surface area contributed by atoms with Crippen molar-refractivity contribution in [3.8, 4) is 11.4 Å². The minimum atomic E-state index is 0. The van der Waals surface area contributed by atoms with E-state index in [1.165, 1.54) is 0 Å². The number of fused-ring (bicyclic) bond motifs is 1. The zero-order chi connectivity index (χ0) is 13.1. The van der Waals surface area contributed by atoms with E-state index in [4.69, 9.17) is 0 Å². The van der Waals surface area contributed by atoms with Crippen molar-refractivity contribution in [1.82, 2.24) is 15.0 Å². The number of nitrogens with zero attached hydrogens (tertiary/aromatic N) is 4. The molecule has 0 amide bonds. The zero-order valence-corrected chi connectivity index (χ0v) is 12.8. The first-order valence-electron chi connectivity index (χ1n) is 5.64. The summed E-state index contributed by atoms with van der Waals surface area (Å²) in [4.78, 5) is 23.2. The van der Waals surface area contributed by atoms with Crippen LogP contribution in [0.1, 0.15) is 0 Å². The zero-order valence-electron chi connectivity index (χ0n) is 10.8. The van der Waals surface area contributed by atoms with Crippen molar-refractivity contribution >= 4 is 46.3 Å². The number of nitrogens with one attached hydrogen (secondary N) is 1. The molecule has 0 saturated carbocycles. The van der Waals surface area contributed by atoms with Crippen LogP contribution in [0.5, 0.6) is 0 Å². The van der Waals surface area contributed by atoms with Crippen molar-refractivity contribution in [2.24, 2.45) is 5.29 Å². The Morgan fingerprint density at radius 3 is 2.65 bits per heavy atom.